The van der Waals surface area contributed by atoms with E-state index in [1.54, 1.807) is 28.4 Å². The minimum atomic E-state index is 0.768. The summed E-state index contributed by atoms with van der Waals surface area (Å²) in [4.78, 5) is 0. The maximum absolute atomic E-state index is 5.61. The molecule has 0 amide bonds. The summed E-state index contributed by atoms with van der Waals surface area (Å²) < 4.78 is 22.0. The van der Waals surface area contributed by atoms with Gasteiger partial charge < -0.3 is 18.9 Å². The molecule has 2 aromatic rings. The molecular weight excluding hydrogens is 280 g/mol. The first-order valence-corrected chi connectivity index (χ1v) is 7.01. The Bertz CT molecular complexity index is 677. The zero-order chi connectivity index (χ0) is 16.3. The molecule has 0 saturated heterocycles. The molecule has 0 spiro atoms. The highest BCUT2D eigenvalue weighted by molar-refractivity contribution is 5.82. The van der Waals surface area contributed by atoms with Gasteiger partial charge in [0.05, 0.1) is 28.4 Å². The van der Waals surface area contributed by atoms with E-state index in [9.17, 15) is 0 Å². The Morgan fingerprint density at radius 1 is 0.727 bits per heavy atom. The maximum atomic E-state index is 5.61. The van der Waals surface area contributed by atoms with Gasteiger partial charge in [0.1, 0.15) is 23.0 Å². The second-order valence-corrected chi connectivity index (χ2v) is 5.00. The molecule has 0 aliphatic carbocycles. The van der Waals surface area contributed by atoms with Crippen LogP contribution < -0.4 is 18.9 Å². The van der Waals surface area contributed by atoms with E-state index in [1.165, 1.54) is 0 Å². The fourth-order valence-corrected chi connectivity index (χ4v) is 2.71. The second-order valence-electron chi connectivity index (χ2n) is 5.00. The van der Waals surface area contributed by atoms with Gasteiger partial charge in [-0.05, 0) is 43.7 Å². The average Bonchev–Trinajstić information content (AvgIpc) is 2.53. The van der Waals surface area contributed by atoms with Crippen molar-refractivity contribution in [3.05, 3.63) is 35.4 Å². The molecule has 4 heteroatoms. The van der Waals surface area contributed by atoms with Crippen LogP contribution in [0.3, 0.4) is 0 Å². The first-order valence-electron chi connectivity index (χ1n) is 7.01. The van der Waals surface area contributed by atoms with Gasteiger partial charge in [-0.15, -0.1) is 0 Å². The summed E-state index contributed by atoms with van der Waals surface area (Å²) in [7, 11) is 6.64. The number of hydrogen-bond acceptors (Lipinski definition) is 4. The number of ether oxygens (including phenoxy) is 4. The van der Waals surface area contributed by atoms with Crippen molar-refractivity contribution in [2.24, 2.45) is 0 Å². The summed E-state index contributed by atoms with van der Waals surface area (Å²) in [5.74, 6) is 3.15. The Morgan fingerprint density at radius 2 is 1.36 bits per heavy atom. The van der Waals surface area contributed by atoms with Crippen molar-refractivity contribution in [1.29, 1.82) is 0 Å². The van der Waals surface area contributed by atoms with Gasteiger partial charge in [0.15, 0.2) is 0 Å². The predicted molar refractivity (Wildman–Crippen MR) is 87.6 cm³/mol. The van der Waals surface area contributed by atoms with Gasteiger partial charge in [-0.3, -0.25) is 0 Å². The van der Waals surface area contributed by atoms with Gasteiger partial charge in [0, 0.05) is 16.7 Å². The Hall–Kier alpha value is -2.36. The molecule has 118 valence electrons. The highest BCUT2D eigenvalue weighted by Crippen LogP contribution is 2.44. The summed E-state index contributed by atoms with van der Waals surface area (Å²) in [6.45, 7) is 4.00. The topological polar surface area (TPSA) is 36.9 Å². The lowest BCUT2D eigenvalue weighted by Crippen LogP contribution is -1.99. The minimum absolute atomic E-state index is 0.768. The highest BCUT2D eigenvalue weighted by atomic mass is 16.5. The molecule has 0 N–H and O–H groups in total. The molecule has 0 aliphatic rings. The van der Waals surface area contributed by atoms with Gasteiger partial charge in [-0.25, -0.2) is 0 Å². The van der Waals surface area contributed by atoms with Gasteiger partial charge in [-0.1, -0.05) is 0 Å². The average molecular weight is 302 g/mol. The van der Waals surface area contributed by atoms with Gasteiger partial charge in [0.2, 0.25) is 0 Å². The van der Waals surface area contributed by atoms with E-state index < -0.39 is 0 Å². The molecule has 2 aromatic carbocycles. The smallest absolute Gasteiger partial charge is 0.130 e. The maximum Gasteiger partial charge on any atom is 0.130 e. The fraction of sp³-hybridized carbons (Fsp3) is 0.333. The Labute approximate surface area is 131 Å². The molecule has 4 nitrogen and oxygen atoms in total. The number of aryl methyl sites for hydroxylation is 1. The lowest BCUT2D eigenvalue weighted by Gasteiger charge is -2.19. The summed E-state index contributed by atoms with van der Waals surface area (Å²) in [5, 5.41) is 0. The third-order valence-electron chi connectivity index (χ3n) is 3.77. The molecule has 0 aromatic heterocycles. The van der Waals surface area contributed by atoms with Crippen LogP contribution in [0.1, 0.15) is 11.1 Å². The molecular formula is C18H22O4. The molecule has 0 bridgehead atoms. The number of benzene rings is 2. The zero-order valence-electron chi connectivity index (χ0n) is 13.9. The third-order valence-corrected chi connectivity index (χ3v) is 3.77. The van der Waals surface area contributed by atoms with Crippen LogP contribution in [0.4, 0.5) is 0 Å². The molecule has 0 heterocycles. The molecule has 0 aliphatic heterocycles. The predicted octanol–water partition coefficient (Wildman–Crippen LogP) is 4.00. The summed E-state index contributed by atoms with van der Waals surface area (Å²) >= 11 is 0. The van der Waals surface area contributed by atoms with E-state index in [1.807, 2.05) is 38.1 Å². The highest BCUT2D eigenvalue weighted by Gasteiger charge is 2.19. The van der Waals surface area contributed by atoms with Crippen LogP contribution >= 0.6 is 0 Å². The lowest BCUT2D eigenvalue weighted by atomic mass is 9.95. The normalized spacial score (nSPS) is 10.3. The molecule has 0 atom stereocenters. The number of hydrogen-bond donors (Lipinski definition) is 0. The van der Waals surface area contributed by atoms with Crippen molar-refractivity contribution in [2.75, 3.05) is 28.4 Å². The van der Waals surface area contributed by atoms with E-state index in [0.717, 1.165) is 45.3 Å². The monoisotopic (exact) mass is 302 g/mol. The number of rotatable bonds is 5. The summed E-state index contributed by atoms with van der Waals surface area (Å²) in [6, 6.07) is 7.70. The van der Waals surface area contributed by atoms with Crippen molar-refractivity contribution in [3.8, 4) is 34.1 Å². The lowest BCUT2D eigenvalue weighted by molar-refractivity contribution is 0.396. The van der Waals surface area contributed by atoms with Crippen molar-refractivity contribution >= 4 is 0 Å². The molecule has 22 heavy (non-hydrogen) atoms. The van der Waals surface area contributed by atoms with E-state index in [4.69, 9.17) is 18.9 Å². The second kappa shape index (κ2) is 6.60. The van der Waals surface area contributed by atoms with Crippen LogP contribution in [-0.4, -0.2) is 28.4 Å². The van der Waals surface area contributed by atoms with E-state index in [2.05, 4.69) is 0 Å². The van der Waals surface area contributed by atoms with Crippen LogP contribution in [-0.2, 0) is 0 Å². The van der Waals surface area contributed by atoms with Gasteiger partial charge >= 0.3 is 0 Å². The van der Waals surface area contributed by atoms with Gasteiger partial charge in [-0.2, -0.15) is 0 Å². The van der Waals surface area contributed by atoms with Crippen LogP contribution in [0, 0.1) is 13.8 Å². The van der Waals surface area contributed by atoms with Crippen molar-refractivity contribution in [2.45, 2.75) is 13.8 Å². The van der Waals surface area contributed by atoms with Crippen molar-refractivity contribution in [3.63, 3.8) is 0 Å². The molecule has 0 radical (unpaired) electrons. The van der Waals surface area contributed by atoms with Crippen LogP contribution in [0.15, 0.2) is 24.3 Å². The molecule has 0 saturated carbocycles. The van der Waals surface area contributed by atoms with Crippen LogP contribution in [0.5, 0.6) is 23.0 Å². The van der Waals surface area contributed by atoms with E-state index in [0.29, 0.717) is 0 Å². The first kappa shape index (κ1) is 16.0. The fourth-order valence-electron chi connectivity index (χ4n) is 2.71. The van der Waals surface area contributed by atoms with Crippen molar-refractivity contribution in [1.82, 2.24) is 0 Å². The standard InChI is InChI=1S/C18H22O4/c1-11-9-13(19-3)10-14(18(11)22-6)17-12(2)15(20-4)7-8-16(17)21-5/h7-10H,1-6H3. The quantitative estimate of drug-likeness (QED) is 0.836. The molecule has 0 fully saturated rings. The largest absolute Gasteiger partial charge is 0.497 e. The summed E-state index contributed by atoms with van der Waals surface area (Å²) in [6.07, 6.45) is 0. The first-order chi connectivity index (χ1) is 10.6. The third kappa shape index (κ3) is 2.69. The van der Waals surface area contributed by atoms with E-state index in [-0.39, 0.29) is 0 Å². The van der Waals surface area contributed by atoms with Crippen LogP contribution in [0.2, 0.25) is 0 Å². The van der Waals surface area contributed by atoms with Gasteiger partial charge in [0.25, 0.3) is 0 Å². The van der Waals surface area contributed by atoms with Crippen molar-refractivity contribution < 1.29 is 18.9 Å². The molecule has 2 rings (SSSR count). The Kier molecular flexibility index (Phi) is 4.81. The summed E-state index contributed by atoms with van der Waals surface area (Å²) in [5.41, 5.74) is 3.86. The Morgan fingerprint density at radius 3 is 1.91 bits per heavy atom. The van der Waals surface area contributed by atoms with E-state index >= 15 is 0 Å². The Balaban J connectivity index is 2.83. The molecule has 0 unspecified atom stereocenters. The zero-order valence-corrected chi connectivity index (χ0v) is 13.9. The number of methoxy groups -OCH3 is 4. The minimum Gasteiger partial charge on any atom is -0.497 e. The van der Waals surface area contributed by atoms with Crippen LogP contribution in [0.25, 0.3) is 11.1 Å². The SMILES string of the molecule is COc1cc(C)c(OC)c(-c2c(OC)ccc(OC)c2C)c1.